The number of methoxy groups -OCH3 is 2. The fourth-order valence-electron chi connectivity index (χ4n) is 4.11. The second kappa shape index (κ2) is 9.96. The number of hydrogen-bond acceptors (Lipinski definition) is 6. The Kier molecular flexibility index (Phi) is 7.36. The fourth-order valence-corrected chi connectivity index (χ4v) is 4.11. The second-order valence-corrected chi connectivity index (χ2v) is 7.64. The summed E-state index contributed by atoms with van der Waals surface area (Å²) >= 11 is 0. The number of benzene rings is 2. The van der Waals surface area contributed by atoms with Gasteiger partial charge in [0.25, 0.3) is 0 Å². The van der Waals surface area contributed by atoms with Crippen LogP contribution in [-0.4, -0.2) is 66.5 Å². The number of ether oxygens (including phenoxy) is 2. The summed E-state index contributed by atoms with van der Waals surface area (Å²) in [7, 11) is 3.26. The molecule has 0 spiro atoms. The molecule has 0 amide bonds. The van der Waals surface area contributed by atoms with Crippen molar-refractivity contribution in [2.75, 3.05) is 40.5 Å². The minimum Gasteiger partial charge on any atom is -0.504 e. The van der Waals surface area contributed by atoms with Gasteiger partial charge in [0.05, 0.1) is 14.2 Å². The number of aliphatic hydroxyl groups excluding tert-OH is 1. The van der Waals surface area contributed by atoms with Crippen molar-refractivity contribution in [3.8, 4) is 17.2 Å². The van der Waals surface area contributed by atoms with Crippen LogP contribution in [0.3, 0.4) is 0 Å². The van der Waals surface area contributed by atoms with Gasteiger partial charge in [-0.05, 0) is 36.6 Å². The highest BCUT2D eigenvalue weighted by Gasteiger charge is 2.27. The Bertz CT molecular complexity index is 811. The standard InChI is InChI=1S/C23H32N2O4/c1-17-13-18(7-8-21(17)28-2)14-25-11-10-24(16-20(25)9-12-26)15-19-5-4-6-22(29-3)23(19)27/h4-8,13,20,26-27H,9-12,14-16H2,1-3H3/t20-/m1/s1. The van der Waals surface area contributed by atoms with E-state index in [1.165, 1.54) is 5.56 Å². The van der Waals surface area contributed by atoms with Crippen LogP contribution in [-0.2, 0) is 13.1 Å². The van der Waals surface area contributed by atoms with Crippen LogP contribution in [0.4, 0.5) is 0 Å². The average Bonchev–Trinajstić information content (AvgIpc) is 2.72. The summed E-state index contributed by atoms with van der Waals surface area (Å²) < 4.78 is 10.6. The number of aromatic hydroxyl groups is 1. The molecule has 6 nitrogen and oxygen atoms in total. The van der Waals surface area contributed by atoms with Gasteiger partial charge in [0, 0.05) is 50.9 Å². The molecule has 0 aromatic heterocycles. The van der Waals surface area contributed by atoms with E-state index in [-0.39, 0.29) is 18.4 Å². The number of phenols is 1. The predicted molar refractivity (Wildman–Crippen MR) is 114 cm³/mol. The van der Waals surface area contributed by atoms with E-state index in [9.17, 15) is 10.2 Å². The molecule has 1 aliphatic heterocycles. The number of nitrogens with zero attached hydrogens (tertiary/aromatic N) is 2. The van der Waals surface area contributed by atoms with Gasteiger partial charge in [0.2, 0.25) is 0 Å². The van der Waals surface area contributed by atoms with E-state index in [4.69, 9.17) is 9.47 Å². The number of para-hydroxylation sites is 1. The highest BCUT2D eigenvalue weighted by molar-refractivity contribution is 5.45. The minimum absolute atomic E-state index is 0.168. The Balaban J connectivity index is 1.67. The van der Waals surface area contributed by atoms with Gasteiger partial charge in [-0.25, -0.2) is 0 Å². The molecule has 0 bridgehead atoms. The van der Waals surface area contributed by atoms with Crippen molar-refractivity contribution >= 4 is 0 Å². The Morgan fingerprint density at radius 2 is 1.83 bits per heavy atom. The Labute approximate surface area is 173 Å². The van der Waals surface area contributed by atoms with E-state index in [1.807, 2.05) is 18.2 Å². The van der Waals surface area contributed by atoms with Gasteiger partial charge in [-0.3, -0.25) is 9.80 Å². The zero-order valence-corrected chi connectivity index (χ0v) is 17.6. The third-order valence-corrected chi connectivity index (χ3v) is 5.69. The maximum atomic E-state index is 10.4. The topological polar surface area (TPSA) is 65.4 Å². The fraction of sp³-hybridized carbons (Fsp3) is 0.478. The maximum Gasteiger partial charge on any atom is 0.162 e. The molecule has 0 radical (unpaired) electrons. The van der Waals surface area contributed by atoms with Crippen LogP contribution in [0.1, 0.15) is 23.1 Å². The molecular formula is C23H32N2O4. The summed E-state index contributed by atoms with van der Waals surface area (Å²) in [5, 5.41) is 20.0. The van der Waals surface area contributed by atoms with Crippen molar-refractivity contribution in [1.29, 1.82) is 0 Å². The molecule has 1 heterocycles. The van der Waals surface area contributed by atoms with Crippen LogP contribution >= 0.6 is 0 Å². The molecule has 2 aromatic carbocycles. The molecule has 0 aliphatic carbocycles. The summed E-state index contributed by atoms with van der Waals surface area (Å²) in [4.78, 5) is 4.78. The molecule has 158 valence electrons. The number of rotatable bonds is 8. The molecule has 0 unspecified atom stereocenters. The van der Waals surface area contributed by atoms with E-state index in [2.05, 4.69) is 28.9 Å². The van der Waals surface area contributed by atoms with Crippen molar-refractivity contribution in [1.82, 2.24) is 9.80 Å². The summed E-state index contributed by atoms with van der Waals surface area (Å²) in [6.07, 6.45) is 0.732. The van der Waals surface area contributed by atoms with E-state index >= 15 is 0 Å². The van der Waals surface area contributed by atoms with Crippen LogP contribution in [0.15, 0.2) is 36.4 Å². The van der Waals surface area contributed by atoms with Crippen molar-refractivity contribution in [3.63, 3.8) is 0 Å². The SMILES string of the molecule is COc1ccc(CN2CCN(Cc3cccc(OC)c3O)C[C@H]2CCO)cc1C. The van der Waals surface area contributed by atoms with Crippen LogP contribution < -0.4 is 9.47 Å². The Morgan fingerprint density at radius 1 is 1.03 bits per heavy atom. The molecule has 2 aromatic rings. The third kappa shape index (κ3) is 5.21. The van der Waals surface area contributed by atoms with E-state index < -0.39 is 0 Å². The second-order valence-electron chi connectivity index (χ2n) is 7.64. The molecule has 3 rings (SSSR count). The van der Waals surface area contributed by atoms with Crippen LogP contribution in [0.25, 0.3) is 0 Å². The molecule has 1 fully saturated rings. The lowest BCUT2D eigenvalue weighted by Gasteiger charge is -2.41. The zero-order valence-electron chi connectivity index (χ0n) is 17.6. The van der Waals surface area contributed by atoms with Crippen molar-refractivity contribution in [2.24, 2.45) is 0 Å². The van der Waals surface area contributed by atoms with Crippen LogP contribution in [0.5, 0.6) is 17.2 Å². The van der Waals surface area contributed by atoms with Crippen molar-refractivity contribution in [3.05, 3.63) is 53.1 Å². The van der Waals surface area contributed by atoms with E-state index in [1.54, 1.807) is 20.3 Å². The van der Waals surface area contributed by atoms with Gasteiger partial charge in [-0.15, -0.1) is 0 Å². The maximum absolute atomic E-state index is 10.4. The minimum atomic E-state index is 0.168. The largest absolute Gasteiger partial charge is 0.504 e. The number of phenolic OH excluding ortho intramolecular Hbond substituents is 1. The number of aliphatic hydroxyl groups is 1. The average molecular weight is 401 g/mol. The lowest BCUT2D eigenvalue weighted by molar-refractivity contribution is 0.0496. The van der Waals surface area contributed by atoms with Gasteiger partial charge in [-0.2, -0.15) is 0 Å². The third-order valence-electron chi connectivity index (χ3n) is 5.69. The van der Waals surface area contributed by atoms with E-state index in [0.717, 1.165) is 49.5 Å². The smallest absolute Gasteiger partial charge is 0.162 e. The van der Waals surface area contributed by atoms with Gasteiger partial charge < -0.3 is 19.7 Å². The first kappa shape index (κ1) is 21.4. The summed E-state index contributed by atoms with van der Waals surface area (Å²) in [5.41, 5.74) is 3.26. The molecule has 1 saturated heterocycles. The highest BCUT2D eigenvalue weighted by Crippen LogP contribution is 2.31. The molecule has 6 heteroatoms. The molecule has 1 aliphatic rings. The molecular weight excluding hydrogens is 368 g/mol. The van der Waals surface area contributed by atoms with Crippen molar-refractivity contribution < 1.29 is 19.7 Å². The first-order chi connectivity index (χ1) is 14.0. The molecule has 2 N–H and O–H groups in total. The summed E-state index contributed by atoms with van der Waals surface area (Å²) in [6, 6.07) is 12.2. The molecule has 0 saturated carbocycles. The van der Waals surface area contributed by atoms with Gasteiger partial charge >= 0.3 is 0 Å². The zero-order chi connectivity index (χ0) is 20.8. The van der Waals surface area contributed by atoms with Crippen molar-refractivity contribution in [2.45, 2.75) is 32.5 Å². The quantitative estimate of drug-likeness (QED) is 0.710. The summed E-state index contributed by atoms with van der Waals surface area (Å²) in [5.74, 6) is 1.62. The van der Waals surface area contributed by atoms with Gasteiger partial charge in [-0.1, -0.05) is 24.3 Å². The van der Waals surface area contributed by atoms with Crippen LogP contribution in [0, 0.1) is 6.92 Å². The normalized spacial score (nSPS) is 18.0. The lowest BCUT2D eigenvalue weighted by Crippen LogP contribution is -2.52. The number of aryl methyl sites for hydroxylation is 1. The highest BCUT2D eigenvalue weighted by atomic mass is 16.5. The first-order valence-corrected chi connectivity index (χ1v) is 10.1. The lowest BCUT2D eigenvalue weighted by atomic mass is 10.0. The number of piperazine rings is 1. The predicted octanol–water partition coefficient (Wildman–Crippen LogP) is 2.79. The van der Waals surface area contributed by atoms with Crippen LogP contribution in [0.2, 0.25) is 0 Å². The van der Waals surface area contributed by atoms with E-state index in [0.29, 0.717) is 12.3 Å². The monoisotopic (exact) mass is 400 g/mol. The molecule has 1 atom stereocenters. The van der Waals surface area contributed by atoms with Gasteiger partial charge in [0.1, 0.15) is 5.75 Å². The van der Waals surface area contributed by atoms with Gasteiger partial charge in [0.15, 0.2) is 11.5 Å². The summed E-state index contributed by atoms with van der Waals surface area (Å²) in [6.45, 7) is 6.43. The molecule has 29 heavy (non-hydrogen) atoms. The Hall–Kier alpha value is -2.28. The Morgan fingerprint density at radius 3 is 2.52 bits per heavy atom. The number of hydrogen-bond donors (Lipinski definition) is 2. The first-order valence-electron chi connectivity index (χ1n) is 10.1.